The number of hydrogen-bond acceptors (Lipinski definition) is 5. The van der Waals surface area contributed by atoms with E-state index < -0.39 is 28.5 Å². The van der Waals surface area contributed by atoms with Crippen LogP contribution in [0.4, 0.5) is 5.69 Å². The fourth-order valence-electron chi connectivity index (χ4n) is 3.84. The second-order valence-corrected chi connectivity index (χ2v) is 11.5. The molecule has 0 saturated carbocycles. The van der Waals surface area contributed by atoms with Crippen molar-refractivity contribution in [2.24, 2.45) is 0 Å². The van der Waals surface area contributed by atoms with Gasteiger partial charge < -0.3 is 15.0 Å². The lowest BCUT2D eigenvalue weighted by molar-refractivity contribution is -0.139. The number of halogens is 1. The topological polar surface area (TPSA) is 96.0 Å². The Morgan fingerprint density at radius 1 is 0.949 bits per heavy atom. The molecule has 0 bridgehead atoms. The van der Waals surface area contributed by atoms with E-state index in [1.807, 2.05) is 44.2 Å². The normalized spacial score (nSPS) is 12.7. The summed E-state index contributed by atoms with van der Waals surface area (Å²) in [6.07, 6.45) is 0.732. The highest BCUT2D eigenvalue weighted by atomic mass is 35.5. The summed E-state index contributed by atoms with van der Waals surface area (Å²) >= 11 is 6.06. The number of sulfonamides is 1. The molecule has 0 saturated heterocycles. The molecule has 0 heterocycles. The molecule has 0 aliphatic rings. The van der Waals surface area contributed by atoms with E-state index in [-0.39, 0.29) is 29.1 Å². The van der Waals surface area contributed by atoms with E-state index in [2.05, 4.69) is 5.32 Å². The van der Waals surface area contributed by atoms with E-state index in [0.717, 1.165) is 16.3 Å². The summed E-state index contributed by atoms with van der Waals surface area (Å²) in [7, 11) is -2.69. The first kappa shape index (κ1) is 30.0. The van der Waals surface area contributed by atoms with Crippen LogP contribution in [0.25, 0.3) is 0 Å². The molecule has 3 aromatic carbocycles. The number of nitrogens with zero attached hydrogens (tertiary/aromatic N) is 2. The van der Waals surface area contributed by atoms with Gasteiger partial charge in [-0.3, -0.25) is 13.9 Å². The molecule has 0 fully saturated rings. The van der Waals surface area contributed by atoms with E-state index in [4.69, 9.17) is 16.3 Å². The Labute approximate surface area is 235 Å². The molecule has 39 heavy (non-hydrogen) atoms. The van der Waals surface area contributed by atoms with Gasteiger partial charge >= 0.3 is 0 Å². The number of anilines is 1. The first-order valence-corrected chi connectivity index (χ1v) is 14.4. The highest BCUT2D eigenvalue weighted by Gasteiger charge is 2.32. The van der Waals surface area contributed by atoms with Crippen LogP contribution in [-0.2, 0) is 26.2 Å². The van der Waals surface area contributed by atoms with Crippen LogP contribution in [0.3, 0.4) is 0 Å². The number of ether oxygens (including phenoxy) is 1. The largest absolute Gasteiger partial charge is 0.497 e. The number of carbonyl (C=O) groups excluding carboxylic acids is 2. The predicted octanol–water partition coefficient (Wildman–Crippen LogP) is 4.88. The van der Waals surface area contributed by atoms with Crippen LogP contribution in [0, 0.1) is 0 Å². The van der Waals surface area contributed by atoms with Crippen LogP contribution in [0.15, 0.2) is 83.8 Å². The SMILES string of the molecule is CCC(C)NC(=O)C(C)N(Cc1ccccc1)C(=O)CN(c1ccc(Cl)cc1)S(=O)(=O)c1ccc(OC)cc1. The zero-order chi connectivity index (χ0) is 28.6. The standard InChI is InChI=1S/C29H34ClN3O5S/c1-5-21(2)31-29(35)22(3)32(19-23-9-7-6-8-10-23)28(34)20-33(25-13-11-24(30)12-14-25)39(36,37)27-17-15-26(38-4)16-18-27/h6-18,21-22H,5,19-20H2,1-4H3,(H,31,35). The molecule has 2 atom stereocenters. The van der Waals surface area contributed by atoms with Gasteiger partial charge in [-0.15, -0.1) is 0 Å². The van der Waals surface area contributed by atoms with Gasteiger partial charge in [0.25, 0.3) is 10.0 Å². The number of amides is 2. The molecular weight excluding hydrogens is 538 g/mol. The number of nitrogens with one attached hydrogen (secondary N) is 1. The predicted molar refractivity (Wildman–Crippen MR) is 153 cm³/mol. The third-order valence-corrected chi connectivity index (χ3v) is 8.45. The maximum absolute atomic E-state index is 13.9. The molecule has 3 rings (SSSR count). The van der Waals surface area contributed by atoms with Crippen LogP contribution >= 0.6 is 11.6 Å². The average molecular weight is 572 g/mol. The van der Waals surface area contributed by atoms with Gasteiger partial charge in [-0.25, -0.2) is 8.42 Å². The van der Waals surface area contributed by atoms with Gasteiger partial charge in [-0.05, 0) is 74.4 Å². The number of benzene rings is 3. The van der Waals surface area contributed by atoms with E-state index in [9.17, 15) is 18.0 Å². The summed E-state index contributed by atoms with van der Waals surface area (Å²) in [6, 6.07) is 20.4. The van der Waals surface area contributed by atoms with E-state index in [1.165, 1.54) is 48.4 Å². The minimum absolute atomic E-state index is 0.0109. The van der Waals surface area contributed by atoms with Crippen molar-refractivity contribution in [1.29, 1.82) is 0 Å². The van der Waals surface area contributed by atoms with E-state index >= 15 is 0 Å². The molecular formula is C29H34ClN3O5S. The molecule has 2 amide bonds. The monoisotopic (exact) mass is 571 g/mol. The van der Waals surface area contributed by atoms with E-state index in [0.29, 0.717) is 10.8 Å². The summed E-state index contributed by atoms with van der Waals surface area (Å²) in [5.41, 5.74) is 1.07. The summed E-state index contributed by atoms with van der Waals surface area (Å²) < 4.78 is 33.8. The molecule has 208 valence electrons. The van der Waals surface area contributed by atoms with Crippen LogP contribution < -0.4 is 14.4 Å². The molecule has 0 radical (unpaired) electrons. The van der Waals surface area contributed by atoms with E-state index in [1.54, 1.807) is 19.1 Å². The number of methoxy groups -OCH3 is 1. The smallest absolute Gasteiger partial charge is 0.264 e. The van der Waals surface area contributed by atoms with Crippen molar-refractivity contribution < 1.29 is 22.7 Å². The Morgan fingerprint density at radius 3 is 2.13 bits per heavy atom. The lowest BCUT2D eigenvalue weighted by atomic mass is 10.1. The van der Waals surface area contributed by atoms with Crippen molar-refractivity contribution in [2.45, 2.75) is 50.7 Å². The fraction of sp³-hybridized carbons (Fsp3) is 0.310. The maximum atomic E-state index is 13.9. The highest BCUT2D eigenvalue weighted by molar-refractivity contribution is 7.92. The number of hydrogen-bond donors (Lipinski definition) is 1. The Bertz CT molecular complexity index is 1350. The Kier molecular flexibility index (Phi) is 10.4. The first-order valence-electron chi connectivity index (χ1n) is 12.6. The summed E-state index contributed by atoms with van der Waals surface area (Å²) in [5, 5.41) is 3.34. The van der Waals surface area contributed by atoms with Crippen molar-refractivity contribution in [2.75, 3.05) is 18.0 Å². The molecule has 0 aliphatic heterocycles. The number of rotatable bonds is 12. The van der Waals surface area contributed by atoms with Gasteiger partial charge in [0.2, 0.25) is 11.8 Å². The van der Waals surface area contributed by atoms with Crippen LogP contribution in [0.5, 0.6) is 5.75 Å². The highest BCUT2D eigenvalue weighted by Crippen LogP contribution is 2.27. The first-order chi connectivity index (χ1) is 18.6. The molecule has 10 heteroatoms. The molecule has 0 aromatic heterocycles. The van der Waals surface area contributed by atoms with Gasteiger partial charge in [0.15, 0.2) is 0 Å². The van der Waals surface area contributed by atoms with Gasteiger partial charge in [0.1, 0.15) is 18.3 Å². The van der Waals surface area contributed by atoms with Gasteiger partial charge in [-0.1, -0.05) is 48.9 Å². The Hall–Kier alpha value is -3.56. The summed E-state index contributed by atoms with van der Waals surface area (Å²) in [5.74, 6) is -0.347. The van der Waals surface area contributed by atoms with Crippen molar-refractivity contribution in [3.63, 3.8) is 0 Å². The molecule has 8 nitrogen and oxygen atoms in total. The molecule has 1 N–H and O–H groups in total. The zero-order valence-corrected chi connectivity index (χ0v) is 24.1. The third-order valence-electron chi connectivity index (χ3n) is 6.40. The Balaban J connectivity index is 2.00. The lowest BCUT2D eigenvalue weighted by Crippen LogP contribution is -2.52. The van der Waals surface area contributed by atoms with Crippen molar-refractivity contribution >= 4 is 39.1 Å². The van der Waals surface area contributed by atoms with Gasteiger partial charge in [0, 0.05) is 17.6 Å². The van der Waals surface area contributed by atoms with Gasteiger partial charge in [0.05, 0.1) is 17.7 Å². The second-order valence-electron chi connectivity index (χ2n) is 9.16. The zero-order valence-electron chi connectivity index (χ0n) is 22.5. The second kappa shape index (κ2) is 13.5. The summed E-state index contributed by atoms with van der Waals surface area (Å²) in [4.78, 5) is 28.3. The average Bonchev–Trinajstić information content (AvgIpc) is 2.95. The van der Waals surface area contributed by atoms with Crippen molar-refractivity contribution in [3.8, 4) is 5.75 Å². The minimum Gasteiger partial charge on any atom is -0.497 e. The fourth-order valence-corrected chi connectivity index (χ4v) is 5.38. The van der Waals surface area contributed by atoms with Gasteiger partial charge in [-0.2, -0.15) is 0 Å². The lowest BCUT2D eigenvalue weighted by Gasteiger charge is -2.32. The maximum Gasteiger partial charge on any atom is 0.264 e. The Morgan fingerprint density at radius 2 is 1.56 bits per heavy atom. The molecule has 0 spiro atoms. The molecule has 0 aliphatic carbocycles. The number of carbonyl (C=O) groups is 2. The molecule has 2 unspecified atom stereocenters. The minimum atomic E-state index is -4.18. The quantitative estimate of drug-likeness (QED) is 0.334. The van der Waals surface area contributed by atoms with Crippen LogP contribution in [0.1, 0.15) is 32.8 Å². The third kappa shape index (κ3) is 7.74. The van der Waals surface area contributed by atoms with Crippen LogP contribution in [0.2, 0.25) is 5.02 Å². The summed E-state index contributed by atoms with van der Waals surface area (Å²) in [6.45, 7) is 5.09. The molecule has 3 aromatic rings. The van der Waals surface area contributed by atoms with Crippen molar-refractivity contribution in [3.05, 3.63) is 89.4 Å². The van der Waals surface area contributed by atoms with Crippen molar-refractivity contribution in [1.82, 2.24) is 10.2 Å². The van der Waals surface area contributed by atoms with Crippen LogP contribution in [-0.4, -0.2) is 50.9 Å².